The first-order chi connectivity index (χ1) is 10.2. The molecule has 0 bridgehead atoms. The highest BCUT2D eigenvalue weighted by atomic mass is 16.1. The maximum absolute atomic E-state index is 12.3. The zero-order valence-corrected chi connectivity index (χ0v) is 12.7. The number of hydrogen-bond acceptors (Lipinski definition) is 3. The minimum absolute atomic E-state index is 0.0141. The standard InChI is InChI=1S/C16H22N4O/c1-13-11-18(2)16(21)20(13)15-6-4-3-5-14(15)12-19-9-7-17-8-10-19/h3-6,11,17H,7-10,12H2,1-2H3. The lowest BCUT2D eigenvalue weighted by molar-refractivity contribution is 0.233. The Labute approximate surface area is 124 Å². The number of rotatable bonds is 3. The van der Waals surface area contributed by atoms with Crippen molar-refractivity contribution in [1.82, 2.24) is 19.4 Å². The summed E-state index contributed by atoms with van der Waals surface area (Å²) in [6, 6.07) is 8.20. The molecular weight excluding hydrogens is 264 g/mol. The van der Waals surface area contributed by atoms with E-state index < -0.39 is 0 Å². The van der Waals surface area contributed by atoms with E-state index in [2.05, 4.69) is 16.3 Å². The Kier molecular flexibility index (Phi) is 3.94. The average molecular weight is 286 g/mol. The lowest BCUT2D eigenvalue weighted by atomic mass is 10.1. The Morgan fingerprint density at radius 3 is 2.57 bits per heavy atom. The number of aryl methyl sites for hydroxylation is 2. The highest BCUT2D eigenvalue weighted by Gasteiger charge is 2.15. The van der Waals surface area contributed by atoms with Crippen molar-refractivity contribution in [1.29, 1.82) is 0 Å². The molecule has 0 unspecified atom stereocenters. The quantitative estimate of drug-likeness (QED) is 0.911. The first-order valence-electron chi connectivity index (χ1n) is 7.43. The molecule has 1 saturated heterocycles. The topological polar surface area (TPSA) is 42.2 Å². The Morgan fingerprint density at radius 1 is 1.19 bits per heavy atom. The van der Waals surface area contributed by atoms with Gasteiger partial charge in [-0.3, -0.25) is 9.47 Å². The molecule has 5 nitrogen and oxygen atoms in total. The van der Waals surface area contributed by atoms with Crippen molar-refractivity contribution in [3.05, 3.63) is 52.2 Å². The summed E-state index contributed by atoms with van der Waals surface area (Å²) in [5.74, 6) is 0. The van der Waals surface area contributed by atoms with Gasteiger partial charge < -0.3 is 9.88 Å². The smallest absolute Gasteiger partial charge is 0.314 e. The summed E-state index contributed by atoms with van der Waals surface area (Å²) in [7, 11) is 1.80. The molecule has 0 aliphatic carbocycles. The van der Waals surface area contributed by atoms with Gasteiger partial charge in [0.2, 0.25) is 0 Å². The van der Waals surface area contributed by atoms with Gasteiger partial charge in [0, 0.05) is 51.7 Å². The van der Waals surface area contributed by atoms with E-state index in [1.54, 1.807) is 16.2 Å². The first kappa shape index (κ1) is 14.1. The van der Waals surface area contributed by atoms with Crippen LogP contribution in [0.3, 0.4) is 0 Å². The van der Waals surface area contributed by atoms with Gasteiger partial charge in [0.25, 0.3) is 0 Å². The van der Waals surface area contributed by atoms with Crippen molar-refractivity contribution in [3.8, 4) is 5.69 Å². The number of nitrogens with zero attached hydrogens (tertiary/aromatic N) is 3. The number of benzene rings is 1. The van der Waals surface area contributed by atoms with Crippen LogP contribution >= 0.6 is 0 Å². The van der Waals surface area contributed by atoms with E-state index in [-0.39, 0.29) is 5.69 Å². The fraction of sp³-hybridized carbons (Fsp3) is 0.438. The van der Waals surface area contributed by atoms with Gasteiger partial charge in [-0.15, -0.1) is 0 Å². The summed E-state index contributed by atoms with van der Waals surface area (Å²) < 4.78 is 3.44. The lowest BCUT2D eigenvalue weighted by Crippen LogP contribution is -2.43. The molecule has 1 fully saturated rings. The molecule has 5 heteroatoms. The molecule has 2 heterocycles. The minimum Gasteiger partial charge on any atom is -0.314 e. The van der Waals surface area contributed by atoms with E-state index in [0.717, 1.165) is 44.1 Å². The van der Waals surface area contributed by atoms with Crippen LogP contribution in [0.5, 0.6) is 0 Å². The summed E-state index contributed by atoms with van der Waals surface area (Å²) in [6.45, 7) is 7.04. The molecule has 0 atom stereocenters. The zero-order valence-electron chi connectivity index (χ0n) is 12.7. The van der Waals surface area contributed by atoms with Crippen molar-refractivity contribution in [2.75, 3.05) is 26.2 Å². The molecule has 3 rings (SSSR count). The van der Waals surface area contributed by atoms with Crippen LogP contribution < -0.4 is 11.0 Å². The molecule has 0 amide bonds. The fourth-order valence-electron chi connectivity index (χ4n) is 2.97. The van der Waals surface area contributed by atoms with Gasteiger partial charge in [0.1, 0.15) is 0 Å². The van der Waals surface area contributed by atoms with Crippen LogP contribution in [0.15, 0.2) is 35.3 Å². The van der Waals surface area contributed by atoms with Crippen molar-refractivity contribution in [2.45, 2.75) is 13.5 Å². The van der Waals surface area contributed by atoms with Gasteiger partial charge in [-0.05, 0) is 18.6 Å². The molecule has 1 aliphatic rings. The van der Waals surface area contributed by atoms with Crippen LogP contribution in [0.2, 0.25) is 0 Å². The maximum Gasteiger partial charge on any atom is 0.332 e. The number of imidazole rings is 1. The van der Waals surface area contributed by atoms with Crippen LogP contribution in [0, 0.1) is 6.92 Å². The predicted octanol–water partition coefficient (Wildman–Crippen LogP) is 0.890. The van der Waals surface area contributed by atoms with E-state index in [0.29, 0.717) is 0 Å². The zero-order chi connectivity index (χ0) is 14.8. The molecular formula is C16H22N4O. The summed E-state index contributed by atoms with van der Waals surface area (Å²) >= 11 is 0. The summed E-state index contributed by atoms with van der Waals surface area (Å²) in [4.78, 5) is 14.8. The van der Waals surface area contributed by atoms with Crippen LogP contribution in [0.1, 0.15) is 11.3 Å². The van der Waals surface area contributed by atoms with Crippen molar-refractivity contribution >= 4 is 0 Å². The fourth-order valence-corrected chi connectivity index (χ4v) is 2.97. The van der Waals surface area contributed by atoms with E-state index in [9.17, 15) is 4.79 Å². The molecule has 0 radical (unpaired) electrons. The van der Waals surface area contributed by atoms with E-state index >= 15 is 0 Å². The molecule has 1 aromatic carbocycles. The third-order valence-corrected chi connectivity index (χ3v) is 4.06. The Morgan fingerprint density at radius 2 is 1.90 bits per heavy atom. The second-order valence-corrected chi connectivity index (χ2v) is 5.65. The van der Waals surface area contributed by atoms with Gasteiger partial charge in [0.15, 0.2) is 0 Å². The van der Waals surface area contributed by atoms with E-state index in [1.165, 1.54) is 5.56 Å². The highest BCUT2D eigenvalue weighted by molar-refractivity contribution is 5.42. The number of aromatic nitrogens is 2. The van der Waals surface area contributed by atoms with Crippen molar-refractivity contribution in [3.63, 3.8) is 0 Å². The SMILES string of the molecule is Cc1cn(C)c(=O)n1-c1ccccc1CN1CCNCC1. The van der Waals surface area contributed by atoms with Crippen LogP contribution in [0.4, 0.5) is 0 Å². The summed E-state index contributed by atoms with van der Waals surface area (Å²) in [5.41, 5.74) is 3.19. The van der Waals surface area contributed by atoms with E-state index in [1.807, 2.05) is 31.3 Å². The Hall–Kier alpha value is -1.85. The lowest BCUT2D eigenvalue weighted by Gasteiger charge is -2.28. The van der Waals surface area contributed by atoms with Gasteiger partial charge in [-0.1, -0.05) is 18.2 Å². The Balaban J connectivity index is 1.97. The van der Waals surface area contributed by atoms with Gasteiger partial charge in [-0.25, -0.2) is 4.79 Å². The number of piperazine rings is 1. The molecule has 1 N–H and O–H groups in total. The number of para-hydroxylation sites is 1. The molecule has 0 spiro atoms. The second kappa shape index (κ2) is 5.87. The molecule has 2 aromatic rings. The van der Waals surface area contributed by atoms with Gasteiger partial charge in [0.05, 0.1) is 5.69 Å². The van der Waals surface area contributed by atoms with Crippen LogP contribution in [-0.4, -0.2) is 40.2 Å². The molecule has 0 saturated carbocycles. The average Bonchev–Trinajstić information content (AvgIpc) is 2.74. The van der Waals surface area contributed by atoms with Crippen LogP contribution in [-0.2, 0) is 13.6 Å². The largest absolute Gasteiger partial charge is 0.332 e. The number of hydrogen-bond donors (Lipinski definition) is 1. The molecule has 1 aliphatic heterocycles. The first-order valence-corrected chi connectivity index (χ1v) is 7.43. The van der Waals surface area contributed by atoms with Crippen molar-refractivity contribution in [2.24, 2.45) is 7.05 Å². The summed E-state index contributed by atoms with van der Waals surface area (Å²) in [6.07, 6.45) is 1.88. The Bertz CT molecular complexity index is 680. The molecule has 21 heavy (non-hydrogen) atoms. The third kappa shape index (κ3) is 2.80. The number of nitrogens with one attached hydrogen (secondary N) is 1. The second-order valence-electron chi connectivity index (χ2n) is 5.65. The minimum atomic E-state index is 0.0141. The van der Waals surface area contributed by atoms with Crippen molar-refractivity contribution < 1.29 is 0 Å². The molecule has 112 valence electrons. The highest BCUT2D eigenvalue weighted by Crippen LogP contribution is 2.17. The van der Waals surface area contributed by atoms with Crippen LogP contribution in [0.25, 0.3) is 5.69 Å². The monoisotopic (exact) mass is 286 g/mol. The van der Waals surface area contributed by atoms with E-state index in [4.69, 9.17) is 0 Å². The maximum atomic E-state index is 12.3. The third-order valence-electron chi connectivity index (χ3n) is 4.06. The van der Waals surface area contributed by atoms with Gasteiger partial charge >= 0.3 is 5.69 Å². The molecule has 1 aromatic heterocycles. The summed E-state index contributed by atoms with van der Waals surface area (Å²) in [5, 5.41) is 3.37. The predicted molar refractivity (Wildman–Crippen MR) is 83.9 cm³/mol. The van der Waals surface area contributed by atoms with Gasteiger partial charge in [-0.2, -0.15) is 0 Å². The normalized spacial score (nSPS) is 16.3.